The molecule has 2 atom stereocenters. The molecule has 2 aliphatic heterocycles. The maximum absolute atomic E-state index is 5.86. The van der Waals surface area contributed by atoms with Crippen molar-refractivity contribution in [1.82, 2.24) is 15.5 Å². The summed E-state index contributed by atoms with van der Waals surface area (Å²) in [5, 5.41) is 7.06. The van der Waals surface area contributed by atoms with Crippen LogP contribution in [0, 0.1) is 5.92 Å². The fraction of sp³-hybridized carbons (Fsp3) is 0.682. The Kier molecular flexibility index (Phi) is 11.8. The zero-order valence-electron chi connectivity index (χ0n) is 18.3. The minimum Gasteiger partial charge on any atom is -0.379 e. The van der Waals surface area contributed by atoms with E-state index in [1.54, 1.807) is 0 Å². The average Bonchev–Trinajstić information content (AvgIpc) is 3.25. The van der Waals surface area contributed by atoms with E-state index in [0.29, 0.717) is 12.5 Å². The van der Waals surface area contributed by atoms with Crippen LogP contribution in [0.3, 0.4) is 0 Å². The van der Waals surface area contributed by atoms with E-state index in [0.717, 1.165) is 52.0 Å². The van der Waals surface area contributed by atoms with E-state index in [1.165, 1.54) is 23.5 Å². The van der Waals surface area contributed by atoms with Gasteiger partial charge in [0.15, 0.2) is 5.96 Å². The lowest BCUT2D eigenvalue weighted by atomic mass is 9.95. The van der Waals surface area contributed by atoms with Gasteiger partial charge in [0.1, 0.15) is 0 Å². The molecule has 0 aliphatic carbocycles. The van der Waals surface area contributed by atoms with Crippen LogP contribution < -0.4 is 10.6 Å². The number of ether oxygens (including phenoxy) is 2. The predicted octanol–water partition coefficient (Wildman–Crippen LogP) is 2.83. The van der Waals surface area contributed by atoms with Crippen molar-refractivity contribution in [3.8, 4) is 0 Å². The van der Waals surface area contributed by atoms with Crippen LogP contribution in [0.4, 0.5) is 0 Å². The van der Waals surface area contributed by atoms with Crippen molar-refractivity contribution in [2.75, 3.05) is 64.6 Å². The molecule has 3 rings (SSSR count). The summed E-state index contributed by atoms with van der Waals surface area (Å²) >= 11 is 2.06. The number of nitrogens with one attached hydrogen (secondary N) is 2. The maximum atomic E-state index is 5.86. The monoisotopic (exact) mass is 548 g/mol. The number of hydrogen-bond acceptors (Lipinski definition) is 5. The summed E-state index contributed by atoms with van der Waals surface area (Å²) in [5.41, 5.74) is 1.43. The molecule has 0 bridgehead atoms. The topological polar surface area (TPSA) is 58.1 Å². The summed E-state index contributed by atoms with van der Waals surface area (Å²) < 4.78 is 11.4. The zero-order chi connectivity index (χ0) is 20.4. The first-order chi connectivity index (χ1) is 14.2. The Labute approximate surface area is 203 Å². The van der Waals surface area contributed by atoms with Gasteiger partial charge >= 0.3 is 0 Å². The molecule has 2 fully saturated rings. The van der Waals surface area contributed by atoms with Gasteiger partial charge in [0.2, 0.25) is 0 Å². The Hall–Kier alpha value is -0.550. The number of guanidine groups is 1. The van der Waals surface area contributed by atoms with Gasteiger partial charge < -0.3 is 20.1 Å². The Morgan fingerprint density at radius 3 is 2.70 bits per heavy atom. The fourth-order valence-electron chi connectivity index (χ4n) is 3.89. The van der Waals surface area contributed by atoms with Crippen molar-refractivity contribution in [2.45, 2.75) is 25.5 Å². The van der Waals surface area contributed by atoms with E-state index >= 15 is 0 Å². The lowest BCUT2D eigenvalue weighted by Gasteiger charge is -2.43. The lowest BCUT2D eigenvalue weighted by Crippen LogP contribution is -2.60. The number of morpholine rings is 1. The summed E-state index contributed by atoms with van der Waals surface area (Å²) in [6.45, 7) is 9.12. The molecule has 0 radical (unpaired) electrons. The first kappa shape index (κ1) is 25.7. The first-order valence-electron chi connectivity index (χ1n) is 10.7. The summed E-state index contributed by atoms with van der Waals surface area (Å²) in [6, 6.07) is 10.3. The van der Waals surface area contributed by atoms with Crippen molar-refractivity contribution < 1.29 is 9.47 Å². The Morgan fingerprint density at radius 2 is 2.03 bits per heavy atom. The number of halogens is 1. The highest BCUT2D eigenvalue weighted by atomic mass is 127. The van der Waals surface area contributed by atoms with E-state index < -0.39 is 0 Å². The van der Waals surface area contributed by atoms with E-state index in [2.05, 4.69) is 51.3 Å². The molecule has 0 aromatic heterocycles. The van der Waals surface area contributed by atoms with Crippen molar-refractivity contribution >= 4 is 41.7 Å². The molecule has 0 amide bonds. The Morgan fingerprint density at radius 1 is 1.27 bits per heavy atom. The maximum Gasteiger partial charge on any atom is 0.191 e. The van der Waals surface area contributed by atoms with Gasteiger partial charge in [-0.05, 0) is 23.7 Å². The number of aliphatic imine (C=N–C) groups is 1. The van der Waals surface area contributed by atoms with Crippen LogP contribution in [0.1, 0.15) is 18.9 Å². The van der Waals surface area contributed by atoms with E-state index in [1.807, 2.05) is 25.2 Å². The van der Waals surface area contributed by atoms with E-state index in [9.17, 15) is 0 Å². The molecule has 0 spiro atoms. The van der Waals surface area contributed by atoms with Crippen LogP contribution in [-0.2, 0) is 16.1 Å². The number of nitrogens with zero attached hydrogens (tertiary/aromatic N) is 2. The third-order valence-electron chi connectivity index (χ3n) is 5.70. The van der Waals surface area contributed by atoms with E-state index in [-0.39, 0.29) is 29.5 Å². The summed E-state index contributed by atoms with van der Waals surface area (Å²) in [6.07, 6.45) is 1.23. The number of hydrogen-bond donors (Lipinski definition) is 2. The van der Waals surface area contributed by atoms with Crippen LogP contribution in [0.2, 0.25) is 0 Å². The van der Waals surface area contributed by atoms with E-state index in [4.69, 9.17) is 9.47 Å². The summed E-state index contributed by atoms with van der Waals surface area (Å²) in [7, 11) is 1.84. The third-order valence-corrected chi connectivity index (χ3v) is 6.94. The summed E-state index contributed by atoms with van der Waals surface area (Å²) in [5.74, 6) is 3.71. The smallest absolute Gasteiger partial charge is 0.191 e. The largest absolute Gasteiger partial charge is 0.379 e. The third kappa shape index (κ3) is 7.85. The molecule has 2 aliphatic rings. The summed E-state index contributed by atoms with van der Waals surface area (Å²) in [4.78, 5) is 7.05. The second-order valence-corrected chi connectivity index (χ2v) is 9.14. The number of benzene rings is 1. The van der Waals surface area contributed by atoms with Crippen LogP contribution in [0.25, 0.3) is 0 Å². The van der Waals surface area contributed by atoms with Gasteiger partial charge in [0, 0.05) is 44.5 Å². The van der Waals surface area contributed by atoms with Crippen LogP contribution >= 0.6 is 35.7 Å². The molecule has 2 saturated heterocycles. The van der Waals surface area contributed by atoms with Crippen molar-refractivity contribution in [2.24, 2.45) is 10.9 Å². The second kappa shape index (κ2) is 13.8. The highest BCUT2D eigenvalue weighted by Crippen LogP contribution is 2.33. The minimum atomic E-state index is 0. The molecule has 2 unspecified atom stereocenters. The van der Waals surface area contributed by atoms with Crippen LogP contribution in [-0.4, -0.2) is 81.0 Å². The molecular formula is C22H37IN4O2S. The fourth-order valence-corrected chi connectivity index (χ4v) is 5.36. The number of rotatable bonds is 9. The molecule has 1 aromatic rings. The average molecular weight is 549 g/mol. The molecule has 170 valence electrons. The Balaban J connectivity index is 0.00000320. The highest BCUT2D eigenvalue weighted by Gasteiger charge is 2.40. The second-order valence-electron chi connectivity index (χ2n) is 8.04. The molecular weight excluding hydrogens is 511 g/mol. The lowest BCUT2D eigenvalue weighted by molar-refractivity contribution is -0.0120. The quantitative estimate of drug-likeness (QED) is 0.281. The minimum absolute atomic E-state index is 0. The predicted molar refractivity (Wildman–Crippen MR) is 137 cm³/mol. The van der Waals surface area contributed by atoms with Crippen molar-refractivity contribution in [3.63, 3.8) is 0 Å². The molecule has 0 saturated carbocycles. The molecule has 1 aromatic carbocycles. The van der Waals surface area contributed by atoms with Gasteiger partial charge in [-0.2, -0.15) is 11.8 Å². The SMILES string of the molecule is CN=C(NCC(C)COCc1ccccc1)NCC1(N2CCOCC2)CCSC1.I. The molecule has 2 N–H and O–H groups in total. The van der Waals surface area contributed by atoms with Gasteiger partial charge in [-0.3, -0.25) is 9.89 Å². The normalized spacial score (nSPS) is 23.6. The standard InChI is InChI=1S/C22H36N4O2S.HI/c1-19(15-28-16-20-6-4-3-5-7-20)14-24-21(23-2)25-17-22(8-13-29-18-22)26-9-11-27-12-10-26;/h3-7,19H,8-18H2,1-2H3,(H2,23,24,25);1H. The van der Waals surface area contributed by atoms with Gasteiger partial charge in [-0.15, -0.1) is 24.0 Å². The Bertz CT molecular complexity index is 623. The van der Waals surface area contributed by atoms with Crippen LogP contribution in [0.15, 0.2) is 35.3 Å². The zero-order valence-corrected chi connectivity index (χ0v) is 21.4. The molecule has 2 heterocycles. The molecule has 6 nitrogen and oxygen atoms in total. The van der Waals surface area contributed by atoms with Crippen molar-refractivity contribution in [3.05, 3.63) is 35.9 Å². The van der Waals surface area contributed by atoms with Gasteiger partial charge in [-0.25, -0.2) is 0 Å². The van der Waals surface area contributed by atoms with Crippen LogP contribution in [0.5, 0.6) is 0 Å². The highest BCUT2D eigenvalue weighted by molar-refractivity contribution is 14.0. The van der Waals surface area contributed by atoms with Gasteiger partial charge in [0.05, 0.1) is 26.4 Å². The van der Waals surface area contributed by atoms with Crippen molar-refractivity contribution in [1.29, 1.82) is 0 Å². The van der Waals surface area contributed by atoms with Gasteiger partial charge in [0.25, 0.3) is 0 Å². The number of thioether (sulfide) groups is 1. The van der Waals surface area contributed by atoms with Gasteiger partial charge in [-0.1, -0.05) is 37.3 Å². The molecule has 30 heavy (non-hydrogen) atoms. The first-order valence-corrected chi connectivity index (χ1v) is 11.8. The molecule has 8 heteroatoms.